The van der Waals surface area contributed by atoms with Crippen molar-refractivity contribution in [3.63, 3.8) is 0 Å². The normalized spacial score (nSPS) is 24.6. The third-order valence-electron chi connectivity index (χ3n) is 4.93. The third-order valence-corrected chi connectivity index (χ3v) is 4.93. The molecular weight excluding hydrogens is 254 g/mol. The predicted octanol–water partition coefficient (Wildman–Crippen LogP) is 0.831. The first-order valence-electron chi connectivity index (χ1n) is 7.81. The number of nitrogens with two attached hydrogens (primary N) is 1. The van der Waals surface area contributed by atoms with Crippen LogP contribution in [0.2, 0.25) is 0 Å². The Morgan fingerprint density at radius 1 is 1.05 bits per heavy atom. The molecule has 0 spiro atoms. The summed E-state index contributed by atoms with van der Waals surface area (Å²) >= 11 is 0. The highest BCUT2D eigenvalue weighted by atomic mass is 16.2. The lowest BCUT2D eigenvalue weighted by atomic mass is 9.94. The van der Waals surface area contributed by atoms with E-state index in [-0.39, 0.29) is 23.8 Å². The number of primary amides is 1. The van der Waals surface area contributed by atoms with E-state index >= 15 is 0 Å². The van der Waals surface area contributed by atoms with Gasteiger partial charge < -0.3 is 10.6 Å². The molecule has 2 rings (SSSR count). The van der Waals surface area contributed by atoms with Crippen LogP contribution in [0.1, 0.15) is 39.5 Å². The van der Waals surface area contributed by atoms with Gasteiger partial charge in [-0.25, -0.2) is 0 Å². The van der Waals surface area contributed by atoms with Crippen LogP contribution in [0.5, 0.6) is 0 Å². The van der Waals surface area contributed by atoms with Gasteiger partial charge in [0.05, 0.1) is 6.04 Å². The van der Waals surface area contributed by atoms with E-state index in [0.717, 1.165) is 57.8 Å². The molecule has 0 aromatic carbocycles. The van der Waals surface area contributed by atoms with Gasteiger partial charge in [-0.3, -0.25) is 14.5 Å². The summed E-state index contributed by atoms with van der Waals surface area (Å²) in [7, 11) is 0. The van der Waals surface area contributed by atoms with Crippen LogP contribution in [0.15, 0.2) is 0 Å². The topological polar surface area (TPSA) is 66.6 Å². The van der Waals surface area contributed by atoms with Crippen LogP contribution in [0.4, 0.5) is 0 Å². The number of amides is 2. The number of likely N-dealkylation sites (tertiary alicyclic amines) is 2. The van der Waals surface area contributed by atoms with Gasteiger partial charge in [-0.15, -0.1) is 0 Å². The Labute approximate surface area is 121 Å². The zero-order chi connectivity index (χ0) is 14.7. The van der Waals surface area contributed by atoms with Gasteiger partial charge in [-0.05, 0) is 51.6 Å². The predicted molar refractivity (Wildman–Crippen MR) is 77.9 cm³/mol. The second kappa shape index (κ2) is 6.57. The largest absolute Gasteiger partial charge is 0.369 e. The summed E-state index contributed by atoms with van der Waals surface area (Å²) in [5, 5.41) is 0. The molecule has 2 saturated heterocycles. The van der Waals surface area contributed by atoms with Crippen LogP contribution in [0.25, 0.3) is 0 Å². The van der Waals surface area contributed by atoms with Crippen LogP contribution < -0.4 is 5.73 Å². The van der Waals surface area contributed by atoms with E-state index in [1.54, 1.807) is 0 Å². The highest BCUT2D eigenvalue weighted by molar-refractivity contribution is 5.81. The summed E-state index contributed by atoms with van der Waals surface area (Å²) in [5.41, 5.74) is 5.35. The van der Waals surface area contributed by atoms with Gasteiger partial charge in [0.2, 0.25) is 11.8 Å². The summed E-state index contributed by atoms with van der Waals surface area (Å²) < 4.78 is 0. The number of carbonyl (C=O) groups excluding carboxylic acids is 2. The molecule has 0 unspecified atom stereocenters. The molecule has 2 aliphatic heterocycles. The third kappa shape index (κ3) is 3.51. The molecule has 114 valence electrons. The Morgan fingerprint density at radius 2 is 1.60 bits per heavy atom. The molecule has 2 N–H and O–H groups in total. The minimum atomic E-state index is -0.200. The molecule has 0 saturated carbocycles. The van der Waals surface area contributed by atoms with Crippen molar-refractivity contribution in [3.8, 4) is 0 Å². The van der Waals surface area contributed by atoms with Gasteiger partial charge in [0.1, 0.15) is 0 Å². The smallest absolute Gasteiger partial charge is 0.239 e. The molecule has 0 bridgehead atoms. The van der Waals surface area contributed by atoms with Crippen molar-refractivity contribution >= 4 is 11.8 Å². The highest BCUT2D eigenvalue weighted by Crippen LogP contribution is 2.21. The maximum Gasteiger partial charge on any atom is 0.239 e. The fraction of sp³-hybridized carbons (Fsp3) is 0.867. The van der Waals surface area contributed by atoms with Crippen LogP contribution in [0.3, 0.4) is 0 Å². The average Bonchev–Trinajstić information content (AvgIpc) is 2.46. The SMILES string of the molecule is CC1CCN(C(=O)[C@@H](C)N2CCC(C(N)=O)CC2)CC1. The van der Waals surface area contributed by atoms with Crippen molar-refractivity contribution in [1.82, 2.24) is 9.80 Å². The summed E-state index contributed by atoms with van der Waals surface area (Å²) in [6.45, 7) is 7.62. The van der Waals surface area contributed by atoms with Crippen molar-refractivity contribution in [3.05, 3.63) is 0 Å². The van der Waals surface area contributed by atoms with Crippen LogP contribution in [0, 0.1) is 11.8 Å². The number of carbonyl (C=O) groups is 2. The Hall–Kier alpha value is -1.10. The Balaban J connectivity index is 1.83. The zero-order valence-electron chi connectivity index (χ0n) is 12.7. The van der Waals surface area contributed by atoms with E-state index in [9.17, 15) is 9.59 Å². The summed E-state index contributed by atoms with van der Waals surface area (Å²) in [6.07, 6.45) is 3.79. The highest BCUT2D eigenvalue weighted by Gasteiger charge is 2.31. The molecule has 2 amide bonds. The fourth-order valence-corrected chi connectivity index (χ4v) is 3.22. The van der Waals surface area contributed by atoms with Crippen molar-refractivity contribution < 1.29 is 9.59 Å². The van der Waals surface area contributed by atoms with E-state index in [0.29, 0.717) is 0 Å². The number of piperidine rings is 2. The molecule has 2 aliphatic rings. The first kappa shape index (κ1) is 15.3. The van der Waals surface area contributed by atoms with Crippen molar-refractivity contribution in [2.45, 2.75) is 45.6 Å². The molecule has 20 heavy (non-hydrogen) atoms. The lowest BCUT2D eigenvalue weighted by molar-refractivity contribution is -0.138. The average molecular weight is 281 g/mol. The van der Waals surface area contributed by atoms with Gasteiger partial charge in [0.25, 0.3) is 0 Å². The molecule has 0 radical (unpaired) electrons. The quantitative estimate of drug-likeness (QED) is 0.833. The van der Waals surface area contributed by atoms with Crippen LogP contribution in [-0.2, 0) is 9.59 Å². The van der Waals surface area contributed by atoms with Crippen molar-refractivity contribution in [2.24, 2.45) is 17.6 Å². The summed E-state index contributed by atoms with van der Waals surface area (Å²) in [6, 6.07) is -0.0720. The number of rotatable bonds is 3. The Kier molecular flexibility index (Phi) is 5.02. The van der Waals surface area contributed by atoms with Crippen molar-refractivity contribution in [2.75, 3.05) is 26.2 Å². The molecule has 2 fully saturated rings. The maximum absolute atomic E-state index is 12.5. The zero-order valence-corrected chi connectivity index (χ0v) is 12.7. The molecule has 2 heterocycles. The molecule has 0 aromatic heterocycles. The molecule has 5 nitrogen and oxygen atoms in total. The van der Waals surface area contributed by atoms with Crippen molar-refractivity contribution in [1.29, 1.82) is 0 Å². The molecule has 1 atom stereocenters. The van der Waals surface area contributed by atoms with Gasteiger partial charge in [-0.2, -0.15) is 0 Å². The first-order valence-corrected chi connectivity index (χ1v) is 7.81. The number of hydrogen-bond acceptors (Lipinski definition) is 3. The lowest BCUT2D eigenvalue weighted by Crippen LogP contribution is -2.52. The van der Waals surface area contributed by atoms with E-state index < -0.39 is 0 Å². The maximum atomic E-state index is 12.5. The summed E-state index contributed by atoms with van der Waals surface area (Å²) in [5.74, 6) is 0.771. The summed E-state index contributed by atoms with van der Waals surface area (Å²) in [4.78, 5) is 27.9. The molecular formula is C15H27N3O2. The second-order valence-electron chi connectivity index (χ2n) is 6.40. The number of hydrogen-bond donors (Lipinski definition) is 1. The Bertz CT molecular complexity index is 356. The van der Waals surface area contributed by atoms with Gasteiger partial charge in [-0.1, -0.05) is 6.92 Å². The van der Waals surface area contributed by atoms with Gasteiger partial charge in [0, 0.05) is 19.0 Å². The molecule has 0 aliphatic carbocycles. The second-order valence-corrected chi connectivity index (χ2v) is 6.40. The standard InChI is InChI=1S/C15H27N3O2/c1-11-3-7-18(8-4-11)15(20)12(2)17-9-5-13(6-10-17)14(16)19/h11-13H,3-10H2,1-2H3,(H2,16,19)/t12-/m1/s1. The number of nitrogens with zero attached hydrogens (tertiary/aromatic N) is 2. The van der Waals surface area contributed by atoms with Gasteiger partial charge in [0.15, 0.2) is 0 Å². The van der Waals surface area contributed by atoms with E-state index in [1.807, 2.05) is 11.8 Å². The Morgan fingerprint density at radius 3 is 2.10 bits per heavy atom. The van der Waals surface area contributed by atoms with Gasteiger partial charge >= 0.3 is 0 Å². The van der Waals surface area contributed by atoms with E-state index in [1.165, 1.54) is 0 Å². The lowest BCUT2D eigenvalue weighted by Gasteiger charge is -2.38. The van der Waals surface area contributed by atoms with Crippen LogP contribution >= 0.6 is 0 Å². The minimum Gasteiger partial charge on any atom is -0.369 e. The monoisotopic (exact) mass is 281 g/mol. The van der Waals surface area contributed by atoms with Crippen LogP contribution in [-0.4, -0.2) is 53.8 Å². The molecule has 5 heteroatoms. The first-order chi connectivity index (χ1) is 9.49. The molecule has 0 aromatic rings. The van der Waals surface area contributed by atoms with E-state index in [4.69, 9.17) is 5.73 Å². The van der Waals surface area contributed by atoms with E-state index in [2.05, 4.69) is 11.8 Å². The fourth-order valence-electron chi connectivity index (χ4n) is 3.22. The minimum absolute atomic E-state index is 0.00983.